The first kappa shape index (κ1) is 14.4. The maximum atomic E-state index is 12.3. The topological polar surface area (TPSA) is 80.5 Å². The number of sulfone groups is 1. The molecule has 1 heterocycles. The Hall–Kier alpha value is -0.620. The summed E-state index contributed by atoms with van der Waals surface area (Å²) in [5.41, 5.74) is 5.06. The fourth-order valence-corrected chi connectivity index (χ4v) is 3.83. The van der Waals surface area contributed by atoms with Gasteiger partial charge in [-0.1, -0.05) is 6.92 Å². The minimum Gasteiger partial charge on any atom is -0.341 e. The maximum Gasteiger partial charge on any atom is 0.229 e. The molecule has 100 valence electrons. The van der Waals surface area contributed by atoms with Gasteiger partial charge in [0.25, 0.3) is 0 Å². The number of hydrogen-bond donors (Lipinski definition) is 1. The molecule has 2 N–H and O–H groups in total. The van der Waals surface area contributed by atoms with E-state index in [2.05, 4.69) is 0 Å². The molecule has 0 radical (unpaired) electrons. The van der Waals surface area contributed by atoms with Gasteiger partial charge in [-0.05, 0) is 19.8 Å². The summed E-state index contributed by atoms with van der Waals surface area (Å²) in [5.74, 6) is 0.213. The molecule has 5 nitrogen and oxygen atoms in total. The number of carbonyl (C=O) groups is 1. The first-order chi connectivity index (χ1) is 7.75. The smallest absolute Gasteiger partial charge is 0.229 e. The van der Waals surface area contributed by atoms with Crippen molar-refractivity contribution in [2.45, 2.75) is 32.7 Å². The molecule has 0 aromatic rings. The van der Waals surface area contributed by atoms with Gasteiger partial charge in [0.2, 0.25) is 5.91 Å². The summed E-state index contributed by atoms with van der Waals surface area (Å²) in [4.78, 5) is 13.8. The highest BCUT2D eigenvalue weighted by atomic mass is 32.2. The Morgan fingerprint density at radius 2 is 2.12 bits per heavy atom. The molecule has 0 aromatic heterocycles. The van der Waals surface area contributed by atoms with E-state index in [0.717, 1.165) is 0 Å². The van der Waals surface area contributed by atoms with Crippen molar-refractivity contribution < 1.29 is 13.2 Å². The van der Waals surface area contributed by atoms with Crippen molar-refractivity contribution in [2.75, 3.05) is 25.1 Å². The maximum absolute atomic E-state index is 12.3. The van der Waals surface area contributed by atoms with Crippen molar-refractivity contribution >= 4 is 15.7 Å². The van der Waals surface area contributed by atoms with Gasteiger partial charge in [-0.2, -0.15) is 0 Å². The highest BCUT2D eigenvalue weighted by Gasteiger charge is 2.38. The third-order valence-electron chi connectivity index (χ3n) is 3.82. The lowest BCUT2D eigenvalue weighted by molar-refractivity contribution is -0.141. The first-order valence-electron chi connectivity index (χ1n) is 5.93. The zero-order valence-corrected chi connectivity index (χ0v) is 11.6. The number of carbonyl (C=O) groups excluding carboxylic acids is 1. The highest BCUT2D eigenvalue weighted by Crippen LogP contribution is 2.26. The van der Waals surface area contributed by atoms with Crippen LogP contribution in [0.3, 0.4) is 0 Å². The van der Waals surface area contributed by atoms with Gasteiger partial charge in [0.1, 0.15) is 0 Å². The fraction of sp³-hybridized carbons (Fsp3) is 0.909. The van der Waals surface area contributed by atoms with Crippen molar-refractivity contribution in [1.29, 1.82) is 0 Å². The van der Waals surface area contributed by atoms with Gasteiger partial charge in [0, 0.05) is 19.6 Å². The molecule has 2 unspecified atom stereocenters. The Morgan fingerprint density at radius 3 is 2.47 bits per heavy atom. The Bertz CT molecular complexity index is 388. The number of nitrogens with zero attached hydrogens (tertiary/aromatic N) is 1. The van der Waals surface area contributed by atoms with E-state index in [1.165, 1.54) is 0 Å². The summed E-state index contributed by atoms with van der Waals surface area (Å²) >= 11 is 0. The van der Waals surface area contributed by atoms with Crippen LogP contribution in [0.4, 0.5) is 0 Å². The van der Waals surface area contributed by atoms with E-state index in [4.69, 9.17) is 5.73 Å². The number of amides is 1. The number of nitrogens with two attached hydrogens (primary N) is 1. The lowest BCUT2D eigenvalue weighted by Crippen LogP contribution is -2.48. The second-order valence-electron chi connectivity index (χ2n) is 5.09. The Kier molecular flexibility index (Phi) is 4.19. The van der Waals surface area contributed by atoms with Crippen LogP contribution >= 0.6 is 0 Å². The number of hydrogen-bond acceptors (Lipinski definition) is 4. The van der Waals surface area contributed by atoms with Gasteiger partial charge in [-0.25, -0.2) is 8.42 Å². The molecule has 0 aliphatic carbocycles. The Morgan fingerprint density at radius 1 is 1.53 bits per heavy atom. The second-order valence-corrected chi connectivity index (χ2v) is 7.32. The molecule has 0 bridgehead atoms. The Balaban J connectivity index is 2.78. The first-order valence-corrected chi connectivity index (χ1v) is 7.75. The highest BCUT2D eigenvalue weighted by molar-refractivity contribution is 7.91. The average molecular weight is 262 g/mol. The van der Waals surface area contributed by atoms with E-state index >= 15 is 0 Å². The predicted molar refractivity (Wildman–Crippen MR) is 67.3 cm³/mol. The summed E-state index contributed by atoms with van der Waals surface area (Å²) in [6, 6.07) is -0.190. The van der Waals surface area contributed by atoms with Gasteiger partial charge in [0.05, 0.1) is 16.9 Å². The van der Waals surface area contributed by atoms with Crippen LogP contribution in [0.5, 0.6) is 0 Å². The number of rotatable bonds is 4. The molecule has 1 rings (SSSR count). The quantitative estimate of drug-likeness (QED) is 0.773. The molecule has 1 saturated heterocycles. The molecular formula is C11H22N2O3S. The molecule has 1 aliphatic rings. The van der Waals surface area contributed by atoms with Crippen LogP contribution in [0.15, 0.2) is 0 Å². The van der Waals surface area contributed by atoms with Crippen LogP contribution in [0.1, 0.15) is 26.7 Å². The van der Waals surface area contributed by atoms with E-state index in [-0.39, 0.29) is 30.0 Å². The van der Waals surface area contributed by atoms with Crippen molar-refractivity contribution in [2.24, 2.45) is 11.1 Å². The molecule has 1 fully saturated rings. The molecule has 17 heavy (non-hydrogen) atoms. The summed E-state index contributed by atoms with van der Waals surface area (Å²) in [7, 11) is -1.28. The lowest BCUT2D eigenvalue weighted by Gasteiger charge is -2.33. The van der Waals surface area contributed by atoms with Gasteiger partial charge in [-0.3, -0.25) is 4.79 Å². The zero-order chi connectivity index (χ0) is 13.3. The largest absolute Gasteiger partial charge is 0.341 e. The van der Waals surface area contributed by atoms with E-state index < -0.39 is 15.3 Å². The summed E-state index contributed by atoms with van der Waals surface area (Å²) < 4.78 is 22.8. The van der Waals surface area contributed by atoms with Gasteiger partial charge >= 0.3 is 0 Å². The van der Waals surface area contributed by atoms with E-state index in [1.807, 2.05) is 13.8 Å². The average Bonchev–Trinajstić information content (AvgIpc) is 2.66. The molecule has 2 atom stereocenters. The molecule has 0 spiro atoms. The third-order valence-corrected chi connectivity index (χ3v) is 5.57. The van der Waals surface area contributed by atoms with Crippen molar-refractivity contribution in [3.8, 4) is 0 Å². The van der Waals surface area contributed by atoms with Gasteiger partial charge in [0.15, 0.2) is 9.84 Å². The zero-order valence-electron chi connectivity index (χ0n) is 10.8. The minimum absolute atomic E-state index is 0.0513. The van der Waals surface area contributed by atoms with Crippen LogP contribution in [0.25, 0.3) is 0 Å². The van der Waals surface area contributed by atoms with Crippen LogP contribution in [-0.4, -0.2) is 50.4 Å². The van der Waals surface area contributed by atoms with Crippen molar-refractivity contribution in [1.82, 2.24) is 4.90 Å². The lowest BCUT2D eigenvalue weighted by atomic mass is 9.85. The normalized spacial score (nSPS) is 26.5. The van der Waals surface area contributed by atoms with E-state index in [1.54, 1.807) is 11.9 Å². The van der Waals surface area contributed by atoms with E-state index in [0.29, 0.717) is 12.8 Å². The summed E-state index contributed by atoms with van der Waals surface area (Å²) in [6.07, 6.45) is 1.20. The van der Waals surface area contributed by atoms with Crippen molar-refractivity contribution in [3.63, 3.8) is 0 Å². The Labute approximate surface area is 103 Å². The monoisotopic (exact) mass is 262 g/mol. The molecular weight excluding hydrogens is 240 g/mol. The molecule has 0 saturated carbocycles. The van der Waals surface area contributed by atoms with Crippen LogP contribution < -0.4 is 5.73 Å². The van der Waals surface area contributed by atoms with Crippen LogP contribution in [-0.2, 0) is 14.6 Å². The van der Waals surface area contributed by atoms with E-state index in [9.17, 15) is 13.2 Å². The van der Waals surface area contributed by atoms with Gasteiger partial charge in [-0.15, -0.1) is 0 Å². The summed E-state index contributed by atoms with van der Waals surface area (Å²) in [5, 5.41) is 0. The second kappa shape index (κ2) is 4.94. The minimum atomic E-state index is -2.96. The molecule has 0 aromatic carbocycles. The molecule has 6 heteroatoms. The SMILES string of the molecule is CCC(C)(CN)C(=O)N(C)C1CCS(=O)(=O)C1. The third kappa shape index (κ3) is 2.98. The predicted octanol–water partition coefficient (Wildman–Crippen LogP) is 0.00690. The van der Waals surface area contributed by atoms with Crippen LogP contribution in [0.2, 0.25) is 0 Å². The summed E-state index contributed by atoms with van der Waals surface area (Å²) in [6.45, 7) is 4.03. The van der Waals surface area contributed by atoms with Crippen LogP contribution in [0, 0.1) is 5.41 Å². The van der Waals surface area contributed by atoms with Crippen molar-refractivity contribution in [3.05, 3.63) is 0 Å². The molecule has 1 aliphatic heterocycles. The molecule has 1 amide bonds. The standard InChI is InChI=1S/C11H22N2O3S/c1-4-11(2,8-12)10(14)13(3)9-5-6-17(15,16)7-9/h9H,4-8,12H2,1-3H3. The van der Waals surface area contributed by atoms with Gasteiger partial charge < -0.3 is 10.6 Å². The fourth-order valence-electron chi connectivity index (χ4n) is 2.06.